The van der Waals surface area contributed by atoms with Crippen LogP contribution in [0.1, 0.15) is 13.3 Å². The van der Waals surface area contributed by atoms with Crippen LogP contribution in [0.3, 0.4) is 0 Å². The van der Waals surface area contributed by atoms with Crippen molar-refractivity contribution in [2.24, 2.45) is 17.6 Å². The molecule has 0 bridgehead atoms. The van der Waals surface area contributed by atoms with Gasteiger partial charge in [-0.25, -0.2) is 0 Å². The fourth-order valence-electron chi connectivity index (χ4n) is 1.74. The summed E-state index contributed by atoms with van der Waals surface area (Å²) in [5, 5.41) is 8.82. The van der Waals surface area contributed by atoms with Crippen LogP contribution in [0, 0.1) is 11.8 Å². The molecule has 1 aliphatic rings. The van der Waals surface area contributed by atoms with Crippen LogP contribution in [0.4, 0.5) is 0 Å². The van der Waals surface area contributed by atoms with Gasteiger partial charge in [0.15, 0.2) is 0 Å². The van der Waals surface area contributed by atoms with Crippen molar-refractivity contribution in [2.75, 3.05) is 13.2 Å². The Morgan fingerprint density at radius 2 is 2.50 bits per heavy atom. The van der Waals surface area contributed by atoms with E-state index in [9.17, 15) is 4.79 Å². The second-order valence-electron chi connectivity index (χ2n) is 3.21. The molecule has 70 valence electrons. The van der Waals surface area contributed by atoms with E-state index in [1.54, 1.807) is 0 Å². The van der Waals surface area contributed by atoms with Gasteiger partial charge in [0.25, 0.3) is 0 Å². The Labute approximate surface area is 71.7 Å². The average Bonchev–Trinajstić information content (AvgIpc) is 2.38. The summed E-state index contributed by atoms with van der Waals surface area (Å²) >= 11 is 0. The van der Waals surface area contributed by atoms with Crippen LogP contribution in [0.2, 0.25) is 0 Å². The van der Waals surface area contributed by atoms with Gasteiger partial charge in [-0.15, -0.1) is 0 Å². The topological polar surface area (TPSA) is 72.5 Å². The third kappa shape index (κ3) is 1.76. The van der Waals surface area contributed by atoms with Gasteiger partial charge in [0.05, 0.1) is 12.0 Å². The monoisotopic (exact) mass is 173 g/mol. The maximum atomic E-state index is 10.7. The Kier molecular flexibility index (Phi) is 3.05. The van der Waals surface area contributed by atoms with Crippen molar-refractivity contribution < 1.29 is 14.6 Å². The lowest BCUT2D eigenvalue weighted by Gasteiger charge is -2.20. The van der Waals surface area contributed by atoms with Crippen molar-refractivity contribution in [1.29, 1.82) is 0 Å². The molecule has 1 rings (SSSR count). The minimum absolute atomic E-state index is 0.0367. The molecule has 3 N–H and O–H groups in total. The lowest BCUT2D eigenvalue weighted by atomic mass is 9.87. The first-order chi connectivity index (χ1) is 5.66. The highest BCUT2D eigenvalue weighted by Crippen LogP contribution is 2.27. The summed E-state index contributed by atoms with van der Waals surface area (Å²) in [6.45, 7) is 2.77. The van der Waals surface area contributed by atoms with Gasteiger partial charge in [-0.2, -0.15) is 0 Å². The van der Waals surface area contributed by atoms with E-state index in [2.05, 4.69) is 0 Å². The minimum atomic E-state index is -0.806. The SMILES string of the molecule is CC1OCCC1C(CN)C(=O)O. The van der Waals surface area contributed by atoms with Crippen molar-refractivity contribution in [3.8, 4) is 0 Å². The van der Waals surface area contributed by atoms with E-state index >= 15 is 0 Å². The van der Waals surface area contributed by atoms with Crippen molar-refractivity contribution in [3.63, 3.8) is 0 Å². The quantitative estimate of drug-likeness (QED) is 0.633. The molecular formula is C8H15NO3. The second kappa shape index (κ2) is 3.87. The molecule has 0 aromatic carbocycles. The van der Waals surface area contributed by atoms with E-state index in [1.807, 2.05) is 6.92 Å². The van der Waals surface area contributed by atoms with Gasteiger partial charge >= 0.3 is 5.97 Å². The highest BCUT2D eigenvalue weighted by atomic mass is 16.5. The predicted octanol–water partition coefficient (Wildman–Crippen LogP) is 0.0709. The highest BCUT2D eigenvalue weighted by Gasteiger charge is 2.35. The van der Waals surface area contributed by atoms with E-state index in [0.29, 0.717) is 6.61 Å². The minimum Gasteiger partial charge on any atom is -0.481 e. The molecule has 0 radical (unpaired) electrons. The molecule has 0 aromatic rings. The Hall–Kier alpha value is -0.610. The largest absolute Gasteiger partial charge is 0.481 e. The van der Waals surface area contributed by atoms with E-state index in [0.717, 1.165) is 6.42 Å². The van der Waals surface area contributed by atoms with Crippen LogP contribution in [-0.4, -0.2) is 30.3 Å². The van der Waals surface area contributed by atoms with Gasteiger partial charge in [0.1, 0.15) is 0 Å². The van der Waals surface area contributed by atoms with Crippen LogP contribution in [0.25, 0.3) is 0 Å². The third-order valence-corrected chi connectivity index (χ3v) is 2.52. The molecule has 0 spiro atoms. The summed E-state index contributed by atoms with van der Waals surface area (Å²) in [7, 11) is 0. The van der Waals surface area contributed by atoms with Crippen LogP contribution in [-0.2, 0) is 9.53 Å². The normalized spacial score (nSPS) is 31.8. The lowest BCUT2D eigenvalue weighted by Crippen LogP contribution is -2.34. The van der Waals surface area contributed by atoms with Gasteiger partial charge in [-0.3, -0.25) is 4.79 Å². The number of rotatable bonds is 3. The van der Waals surface area contributed by atoms with Gasteiger partial charge in [0, 0.05) is 19.1 Å². The van der Waals surface area contributed by atoms with E-state index in [1.165, 1.54) is 0 Å². The zero-order valence-corrected chi connectivity index (χ0v) is 7.19. The zero-order chi connectivity index (χ0) is 9.14. The van der Waals surface area contributed by atoms with Crippen molar-refractivity contribution in [3.05, 3.63) is 0 Å². The van der Waals surface area contributed by atoms with Crippen molar-refractivity contribution >= 4 is 5.97 Å². The number of nitrogens with two attached hydrogens (primary N) is 1. The molecule has 0 amide bonds. The number of carboxylic acid groups (broad SMARTS) is 1. The Morgan fingerprint density at radius 1 is 1.83 bits per heavy atom. The Bertz CT molecular complexity index is 172. The van der Waals surface area contributed by atoms with E-state index in [4.69, 9.17) is 15.6 Å². The van der Waals surface area contributed by atoms with E-state index < -0.39 is 11.9 Å². The molecule has 3 unspecified atom stereocenters. The van der Waals surface area contributed by atoms with Gasteiger partial charge in [0.2, 0.25) is 0 Å². The summed E-state index contributed by atoms with van der Waals surface area (Å²) in [5.41, 5.74) is 5.38. The number of carboxylic acids is 1. The van der Waals surface area contributed by atoms with Crippen LogP contribution in [0.5, 0.6) is 0 Å². The molecule has 1 saturated heterocycles. The third-order valence-electron chi connectivity index (χ3n) is 2.52. The first kappa shape index (κ1) is 9.48. The number of carbonyl (C=O) groups is 1. The lowest BCUT2D eigenvalue weighted by molar-refractivity contribution is -0.144. The molecular weight excluding hydrogens is 158 g/mol. The number of ether oxygens (including phenoxy) is 1. The summed E-state index contributed by atoms with van der Waals surface area (Å²) in [4.78, 5) is 10.7. The maximum absolute atomic E-state index is 10.7. The fourth-order valence-corrected chi connectivity index (χ4v) is 1.74. The highest BCUT2D eigenvalue weighted by molar-refractivity contribution is 5.70. The molecule has 12 heavy (non-hydrogen) atoms. The van der Waals surface area contributed by atoms with Crippen LogP contribution >= 0.6 is 0 Å². The predicted molar refractivity (Wildman–Crippen MR) is 43.7 cm³/mol. The van der Waals surface area contributed by atoms with Crippen LogP contribution < -0.4 is 5.73 Å². The standard InChI is InChI=1S/C8H15NO3/c1-5-6(2-3-12-5)7(4-9)8(10)11/h5-7H,2-4,9H2,1H3,(H,10,11). The van der Waals surface area contributed by atoms with Gasteiger partial charge in [-0.1, -0.05) is 0 Å². The van der Waals surface area contributed by atoms with Crippen molar-refractivity contribution in [1.82, 2.24) is 0 Å². The fraction of sp³-hybridized carbons (Fsp3) is 0.875. The van der Waals surface area contributed by atoms with Crippen LogP contribution in [0.15, 0.2) is 0 Å². The molecule has 0 saturated carbocycles. The summed E-state index contributed by atoms with van der Waals surface area (Å²) < 4.78 is 5.28. The molecule has 0 aliphatic carbocycles. The molecule has 4 heteroatoms. The van der Waals surface area contributed by atoms with Gasteiger partial charge < -0.3 is 15.6 Å². The van der Waals surface area contributed by atoms with Crippen molar-refractivity contribution in [2.45, 2.75) is 19.4 Å². The Balaban J connectivity index is 2.58. The Morgan fingerprint density at radius 3 is 2.83 bits per heavy atom. The summed E-state index contributed by atoms with van der Waals surface area (Å²) in [5.74, 6) is -1.16. The summed E-state index contributed by atoms with van der Waals surface area (Å²) in [6.07, 6.45) is 0.852. The molecule has 0 aromatic heterocycles. The zero-order valence-electron chi connectivity index (χ0n) is 7.19. The van der Waals surface area contributed by atoms with Gasteiger partial charge in [-0.05, 0) is 13.3 Å². The molecule has 1 heterocycles. The first-order valence-corrected chi connectivity index (χ1v) is 4.21. The molecule has 1 fully saturated rings. The number of hydrogen-bond donors (Lipinski definition) is 2. The number of aliphatic carboxylic acids is 1. The molecule has 1 aliphatic heterocycles. The summed E-state index contributed by atoms with van der Waals surface area (Å²) in [6, 6.07) is 0. The average molecular weight is 173 g/mol. The number of hydrogen-bond acceptors (Lipinski definition) is 3. The first-order valence-electron chi connectivity index (χ1n) is 4.21. The second-order valence-corrected chi connectivity index (χ2v) is 3.21. The van der Waals surface area contributed by atoms with E-state index in [-0.39, 0.29) is 18.6 Å². The molecule has 4 nitrogen and oxygen atoms in total. The maximum Gasteiger partial charge on any atom is 0.308 e. The smallest absolute Gasteiger partial charge is 0.308 e. The molecule has 3 atom stereocenters.